The minimum Gasteiger partial charge on any atom is -0.348 e. The number of aromatic nitrogens is 2. The predicted molar refractivity (Wildman–Crippen MR) is 127 cm³/mol. The molecule has 2 aromatic heterocycles. The summed E-state index contributed by atoms with van der Waals surface area (Å²) in [5, 5.41) is 2.88. The van der Waals surface area contributed by atoms with Gasteiger partial charge in [0.1, 0.15) is 5.65 Å². The van der Waals surface area contributed by atoms with E-state index in [2.05, 4.69) is 20.1 Å². The van der Waals surface area contributed by atoms with Crippen LogP contribution in [0.4, 0.5) is 0 Å². The van der Waals surface area contributed by atoms with Gasteiger partial charge in [-0.15, -0.1) is 0 Å². The number of piperazine rings is 1. The van der Waals surface area contributed by atoms with Crippen molar-refractivity contribution in [1.82, 2.24) is 28.8 Å². The number of nitrogens with one attached hydrogen (secondary N) is 1. The first-order chi connectivity index (χ1) is 15.8. The minimum atomic E-state index is -3.52. The van der Waals surface area contributed by atoms with E-state index in [-0.39, 0.29) is 10.8 Å². The van der Waals surface area contributed by atoms with Gasteiger partial charge in [0, 0.05) is 64.4 Å². The number of pyridine rings is 1. The van der Waals surface area contributed by atoms with Crippen molar-refractivity contribution >= 4 is 21.6 Å². The van der Waals surface area contributed by atoms with Crippen LogP contribution in [0.15, 0.2) is 59.9 Å². The van der Waals surface area contributed by atoms with Crippen LogP contribution in [0.1, 0.15) is 15.9 Å². The van der Waals surface area contributed by atoms with E-state index < -0.39 is 10.0 Å². The fraction of sp³-hybridized carbons (Fsp3) is 0.391. The maximum absolute atomic E-state index is 13.0. The predicted octanol–water partition coefficient (Wildman–Crippen LogP) is 1.13. The lowest BCUT2D eigenvalue weighted by Gasteiger charge is -2.34. The molecule has 0 saturated carbocycles. The number of imidazole rings is 1. The van der Waals surface area contributed by atoms with Crippen LogP contribution in [-0.4, -0.2) is 91.2 Å². The van der Waals surface area contributed by atoms with Gasteiger partial charge in [0.2, 0.25) is 10.0 Å². The van der Waals surface area contributed by atoms with E-state index in [1.165, 1.54) is 0 Å². The number of carbonyl (C=O) groups excluding carboxylic acids is 1. The van der Waals surface area contributed by atoms with E-state index in [9.17, 15) is 13.2 Å². The molecule has 0 aliphatic carbocycles. The molecule has 1 aliphatic rings. The molecule has 1 N–H and O–H groups in total. The van der Waals surface area contributed by atoms with Gasteiger partial charge in [0.25, 0.3) is 5.91 Å². The summed E-state index contributed by atoms with van der Waals surface area (Å²) in [7, 11) is 0.553. The summed E-state index contributed by atoms with van der Waals surface area (Å²) in [6, 6.07) is 10.3. The van der Waals surface area contributed by atoms with Crippen LogP contribution in [0.2, 0.25) is 0 Å². The topological polar surface area (TPSA) is 90.3 Å². The van der Waals surface area contributed by atoms with Crippen LogP contribution in [0, 0.1) is 0 Å². The number of benzene rings is 1. The summed E-state index contributed by atoms with van der Waals surface area (Å²) < 4.78 is 29.4. The molecule has 176 valence electrons. The highest BCUT2D eigenvalue weighted by Gasteiger charge is 2.28. The summed E-state index contributed by atoms with van der Waals surface area (Å²) >= 11 is 0. The molecular weight excluding hydrogens is 440 g/mol. The fourth-order valence-electron chi connectivity index (χ4n) is 3.80. The second kappa shape index (κ2) is 10.0. The Labute approximate surface area is 194 Å². The first kappa shape index (κ1) is 23.4. The van der Waals surface area contributed by atoms with Crippen molar-refractivity contribution in [2.75, 3.05) is 53.4 Å². The molecular formula is C23H30N6O3S. The lowest BCUT2D eigenvalue weighted by Crippen LogP contribution is -2.49. The molecule has 9 nitrogen and oxygen atoms in total. The molecule has 1 fully saturated rings. The molecule has 0 bridgehead atoms. The zero-order valence-electron chi connectivity index (χ0n) is 19.0. The number of sulfonamides is 1. The fourth-order valence-corrected chi connectivity index (χ4v) is 5.22. The van der Waals surface area contributed by atoms with Crippen molar-refractivity contribution in [2.45, 2.75) is 11.4 Å². The molecule has 4 rings (SSSR count). The van der Waals surface area contributed by atoms with E-state index in [4.69, 9.17) is 0 Å². The second-order valence-electron chi connectivity index (χ2n) is 8.49. The number of likely N-dealkylation sites (N-methyl/N-ethyl adjacent to an activating group) is 1. The highest BCUT2D eigenvalue weighted by molar-refractivity contribution is 7.89. The molecule has 1 saturated heterocycles. The lowest BCUT2D eigenvalue weighted by atomic mass is 10.2. The number of hydrogen-bond acceptors (Lipinski definition) is 6. The first-order valence-electron chi connectivity index (χ1n) is 11.0. The van der Waals surface area contributed by atoms with Gasteiger partial charge in [-0.05, 0) is 43.9 Å². The van der Waals surface area contributed by atoms with E-state index in [1.54, 1.807) is 63.7 Å². The Balaban J connectivity index is 1.32. The van der Waals surface area contributed by atoms with Crippen LogP contribution >= 0.6 is 0 Å². The molecule has 0 unspecified atom stereocenters. The van der Waals surface area contributed by atoms with Gasteiger partial charge in [-0.25, -0.2) is 13.4 Å². The quantitative estimate of drug-likeness (QED) is 0.531. The van der Waals surface area contributed by atoms with Gasteiger partial charge >= 0.3 is 0 Å². The summed E-state index contributed by atoms with van der Waals surface area (Å²) in [6.45, 7) is 4.68. The average molecular weight is 471 g/mol. The van der Waals surface area contributed by atoms with Crippen molar-refractivity contribution in [3.8, 4) is 0 Å². The third-order valence-electron chi connectivity index (χ3n) is 5.86. The Morgan fingerprint density at radius 1 is 1.06 bits per heavy atom. The summed E-state index contributed by atoms with van der Waals surface area (Å²) in [6.07, 6.45) is 5.19. The van der Waals surface area contributed by atoms with Gasteiger partial charge in [-0.3, -0.25) is 9.69 Å². The summed E-state index contributed by atoms with van der Waals surface area (Å²) in [5.74, 6) is -0.200. The Morgan fingerprint density at radius 3 is 2.48 bits per heavy atom. The van der Waals surface area contributed by atoms with Gasteiger partial charge in [-0.1, -0.05) is 12.1 Å². The molecule has 3 heterocycles. The summed E-state index contributed by atoms with van der Waals surface area (Å²) in [5.41, 5.74) is 2.14. The number of rotatable bonds is 8. The van der Waals surface area contributed by atoms with Gasteiger partial charge in [0.15, 0.2) is 0 Å². The van der Waals surface area contributed by atoms with Crippen LogP contribution in [-0.2, 0) is 16.6 Å². The first-order valence-corrected chi connectivity index (χ1v) is 12.4. The monoisotopic (exact) mass is 470 g/mol. The smallest absolute Gasteiger partial charge is 0.253 e. The van der Waals surface area contributed by atoms with Gasteiger partial charge in [0.05, 0.1) is 10.5 Å². The standard InChI is InChI=1S/C23H30N6O3S/c1-26(2)11-12-27-13-15-29(16-14-27)33(31,32)21-6-3-19(4-7-21)17-25-23(30)20-5-8-22-24-9-10-28(22)18-20/h3-10,18H,11-17H2,1-2H3,(H,25,30). The average Bonchev–Trinajstić information content (AvgIpc) is 3.30. The maximum Gasteiger partial charge on any atom is 0.253 e. The van der Waals surface area contributed by atoms with E-state index in [0.717, 1.165) is 37.4 Å². The van der Waals surface area contributed by atoms with Crippen molar-refractivity contribution in [2.24, 2.45) is 0 Å². The molecule has 0 atom stereocenters. The molecule has 1 amide bonds. The SMILES string of the molecule is CN(C)CCN1CCN(S(=O)(=O)c2ccc(CNC(=O)c3ccc4nccn4c3)cc2)CC1. The van der Waals surface area contributed by atoms with Gasteiger partial charge < -0.3 is 14.6 Å². The highest BCUT2D eigenvalue weighted by Crippen LogP contribution is 2.18. The Morgan fingerprint density at radius 2 is 1.79 bits per heavy atom. The van der Waals surface area contributed by atoms with E-state index in [1.807, 2.05) is 14.1 Å². The molecule has 10 heteroatoms. The van der Waals surface area contributed by atoms with Gasteiger partial charge in [-0.2, -0.15) is 4.31 Å². The normalized spacial score (nSPS) is 15.8. The Bertz CT molecular complexity index is 1200. The molecule has 3 aromatic rings. The zero-order valence-corrected chi connectivity index (χ0v) is 19.8. The van der Waals surface area contributed by atoms with Crippen molar-refractivity contribution < 1.29 is 13.2 Å². The number of carbonyl (C=O) groups is 1. The van der Waals surface area contributed by atoms with Crippen molar-refractivity contribution in [3.63, 3.8) is 0 Å². The summed E-state index contributed by atoms with van der Waals surface area (Å²) in [4.78, 5) is 21.3. The number of nitrogens with zero attached hydrogens (tertiary/aromatic N) is 5. The zero-order chi connectivity index (χ0) is 23.4. The van der Waals surface area contributed by atoms with E-state index >= 15 is 0 Å². The van der Waals surface area contributed by atoms with Crippen molar-refractivity contribution in [1.29, 1.82) is 0 Å². The molecule has 1 aromatic carbocycles. The second-order valence-corrected chi connectivity index (χ2v) is 10.4. The lowest BCUT2D eigenvalue weighted by molar-refractivity contribution is 0.0950. The van der Waals surface area contributed by atoms with Crippen LogP contribution in [0.25, 0.3) is 5.65 Å². The highest BCUT2D eigenvalue weighted by atomic mass is 32.2. The van der Waals surface area contributed by atoms with Crippen LogP contribution in [0.3, 0.4) is 0 Å². The van der Waals surface area contributed by atoms with Crippen LogP contribution in [0.5, 0.6) is 0 Å². The third-order valence-corrected chi connectivity index (χ3v) is 7.77. The van der Waals surface area contributed by atoms with Crippen molar-refractivity contribution in [3.05, 3.63) is 66.1 Å². The molecule has 1 aliphatic heterocycles. The Kier molecular flexibility index (Phi) is 7.08. The molecule has 33 heavy (non-hydrogen) atoms. The number of hydrogen-bond donors (Lipinski definition) is 1. The molecule has 0 radical (unpaired) electrons. The third kappa shape index (κ3) is 5.59. The molecule has 0 spiro atoms. The minimum absolute atomic E-state index is 0.200. The number of amides is 1. The Hall–Kier alpha value is -2.79. The van der Waals surface area contributed by atoms with E-state index in [0.29, 0.717) is 25.2 Å². The largest absolute Gasteiger partial charge is 0.348 e. The number of fused-ring (bicyclic) bond motifs is 1. The van der Waals surface area contributed by atoms with Crippen LogP contribution < -0.4 is 5.32 Å². The maximum atomic E-state index is 13.0.